The van der Waals surface area contributed by atoms with Gasteiger partial charge in [0.1, 0.15) is 16.5 Å². The summed E-state index contributed by atoms with van der Waals surface area (Å²) < 4.78 is 28.4. The molecule has 1 aromatic carbocycles. The molecule has 8 heteroatoms. The van der Waals surface area contributed by atoms with Gasteiger partial charge in [0.2, 0.25) is 0 Å². The summed E-state index contributed by atoms with van der Waals surface area (Å²) in [6.07, 6.45) is 3.40. The van der Waals surface area contributed by atoms with Gasteiger partial charge in [-0.2, -0.15) is 0 Å². The number of hydrogen-bond donors (Lipinski definition) is 2. The zero-order chi connectivity index (χ0) is 20.1. The summed E-state index contributed by atoms with van der Waals surface area (Å²) in [4.78, 5) is 19.8. The van der Waals surface area contributed by atoms with Gasteiger partial charge in [0, 0.05) is 42.8 Å². The molecule has 0 fully saturated rings. The lowest BCUT2D eigenvalue weighted by atomic mass is 10.1. The lowest BCUT2D eigenvalue weighted by Gasteiger charge is -2.13. The molecule has 0 aliphatic heterocycles. The lowest BCUT2D eigenvalue weighted by Crippen LogP contribution is -2.15. The van der Waals surface area contributed by atoms with Crippen LogP contribution in [0.3, 0.4) is 0 Å². The SMILES string of the molecule is CNc1ncc(-c2ccnc(CC(C)=O)c2)cc1S(=O)(=O)Nc1ccccc1. The number of carbonyl (C=O) groups excluding carboxylic acids is 1. The molecular weight excluding hydrogens is 376 g/mol. The first-order valence-corrected chi connectivity index (χ1v) is 10.1. The number of rotatable bonds is 7. The van der Waals surface area contributed by atoms with Crippen molar-refractivity contribution in [2.45, 2.75) is 18.2 Å². The molecule has 0 aliphatic rings. The Morgan fingerprint density at radius 1 is 1.04 bits per heavy atom. The predicted octanol–water partition coefficient (Wildman–Crippen LogP) is 3.12. The normalized spacial score (nSPS) is 11.1. The van der Waals surface area contributed by atoms with Crippen molar-refractivity contribution >= 4 is 27.3 Å². The van der Waals surface area contributed by atoms with Gasteiger partial charge in [-0.3, -0.25) is 14.5 Å². The maximum atomic E-state index is 12.9. The number of anilines is 2. The van der Waals surface area contributed by atoms with Crippen LogP contribution in [0.4, 0.5) is 11.5 Å². The minimum absolute atomic E-state index is 0.00336. The van der Waals surface area contributed by atoms with Crippen LogP contribution in [0.2, 0.25) is 0 Å². The average Bonchev–Trinajstić information content (AvgIpc) is 2.67. The molecule has 2 heterocycles. The van der Waals surface area contributed by atoms with Crippen molar-refractivity contribution in [3.8, 4) is 11.1 Å². The van der Waals surface area contributed by atoms with Gasteiger partial charge < -0.3 is 5.32 Å². The third-order valence-electron chi connectivity index (χ3n) is 3.99. The fraction of sp³-hybridized carbons (Fsp3) is 0.150. The number of Topliss-reactive ketones (excluding diaryl/α,β-unsaturated/α-hetero) is 1. The van der Waals surface area contributed by atoms with Crippen LogP contribution >= 0.6 is 0 Å². The molecule has 2 aromatic heterocycles. The largest absolute Gasteiger partial charge is 0.372 e. The highest BCUT2D eigenvalue weighted by Crippen LogP contribution is 2.28. The monoisotopic (exact) mass is 396 g/mol. The zero-order valence-electron chi connectivity index (χ0n) is 15.5. The number of benzene rings is 1. The molecule has 7 nitrogen and oxygen atoms in total. The first kappa shape index (κ1) is 19.5. The molecule has 0 radical (unpaired) electrons. The summed E-state index contributed by atoms with van der Waals surface area (Å²) in [5.41, 5.74) is 2.43. The fourth-order valence-corrected chi connectivity index (χ4v) is 3.97. The Morgan fingerprint density at radius 2 is 1.79 bits per heavy atom. The van der Waals surface area contributed by atoms with Crippen molar-refractivity contribution < 1.29 is 13.2 Å². The highest BCUT2D eigenvalue weighted by Gasteiger charge is 2.21. The number of ketones is 1. The van der Waals surface area contributed by atoms with Crippen molar-refractivity contribution in [3.63, 3.8) is 0 Å². The van der Waals surface area contributed by atoms with Crippen LogP contribution in [0, 0.1) is 0 Å². The Labute approximate surface area is 163 Å². The Balaban J connectivity index is 2.02. The first-order valence-electron chi connectivity index (χ1n) is 8.59. The number of sulfonamides is 1. The minimum Gasteiger partial charge on any atom is -0.372 e. The second-order valence-corrected chi connectivity index (χ2v) is 7.86. The van der Waals surface area contributed by atoms with Gasteiger partial charge in [-0.1, -0.05) is 18.2 Å². The molecule has 0 saturated heterocycles. The highest BCUT2D eigenvalue weighted by molar-refractivity contribution is 7.92. The third-order valence-corrected chi connectivity index (χ3v) is 5.38. The van der Waals surface area contributed by atoms with Crippen molar-refractivity contribution in [3.05, 3.63) is 66.6 Å². The maximum absolute atomic E-state index is 12.9. The van der Waals surface area contributed by atoms with Crippen LogP contribution in [0.1, 0.15) is 12.6 Å². The Hall–Kier alpha value is -3.26. The summed E-state index contributed by atoms with van der Waals surface area (Å²) in [5.74, 6) is 0.244. The smallest absolute Gasteiger partial charge is 0.265 e. The zero-order valence-corrected chi connectivity index (χ0v) is 16.3. The molecule has 3 rings (SSSR count). The molecule has 0 spiro atoms. The van der Waals surface area contributed by atoms with Crippen molar-refractivity contribution in [1.29, 1.82) is 0 Å². The minimum atomic E-state index is -3.86. The van der Waals surface area contributed by atoms with Crippen LogP contribution in [0.15, 0.2) is 65.8 Å². The molecule has 0 amide bonds. The second kappa shape index (κ2) is 8.18. The van der Waals surface area contributed by atoms with Gasteiger partial charge in [-0.25, -0.2) is 13.4 Å². The summed E-state index contributed by atoms with van der Waals surface area (Å²) in [6.45, 7) is 1.50. The standard InChI is InChI=1S/C20H20N4O3S/c1-14(25)10-18-11-15(8-9-22-18)16-12-19(20(21-2)23-13-16)28(26,27)24-17-6-4-3-5-7-17/h3-9,11-13,24H,10H2,1-2H3,(H,21,23). The topological polar surface area (TPSA) is 101 Å². The first-order chi connectivity index (χ1) is 13.4. The van der Waals surface area contributed by atoms with Crippen LogP contribution in [0.5, 0.6) is 0 Å². The summed E-state index contributed by atoms with van der Waals surface area (Å²) >= 11 is 0. The van der Waals surface area contributed by atoms with E-state index in [2.05, 4.69) is 20.0 Å². The Bertz CT molecular complexity index is 1100. The fourth-order valence-electron chi connectivity index (χ4n) is 2.72. The Morgan fingerprint density at radius 3 is 2.46 bits per heavy atom. The summed E-state index contributed by atoms with van der Waals surface area (Å²) in [5, 5.41) is 2.82. The molecule has 0 aliphatic carbocycles. The molecule has 0 unspecified atom stereocenters. The number of aromatic nitrogens is 2. The van der Waals surface area contributed by atoms with E-state index in [0.29, 0.717) is 16.9 Å². The van der Waals surface area contributed by atoms with Crippen LogP contribution in [0.25, 0.3) is 11.1 Å². The van der Waals surface area contributed by atoms with E-state index < -0.39 is 10.0 Å². The van der Waals surface area contributed by atoms with Crippen LogP contribution < -0.4 is 10.0 Å². The summed E-state index contributed by atoms with van der Waals surface area (Å²) in [7, 11) is -2.25. The molecular formula is C20H20N4O3S. The van der Waals surface area contributed by atoms with E-state index in [9.17, 15) is 13.2 Å². The van der Waals surface area contributed by atoms with Gasteiger partial charge in [0.05, 0.1) is 0 Å². The van der Waals surface area contributed by atoms with E-state index in [-0.39, 0.29) is 22.9 Å². The van der Waals surface area contributed by atoms with E-state index in [1.165, 1.54) is 6.92 Å². The van der Waals surface area contributed by atoms with Gasteiger partial charge >= 0.3 is 0 Å². The van der Waals surface area contributed by atoms with E-state index in [1.54, 1.807) is 68.0 Å². The summed E-state index contributed by atoms with van der Waals surface area (Å²) in [6, 6.07) is 13.7. The second-order valence-electron chi connectivity index (χ2n) is 6.21. The Kier molecular flexibility index (Phi) is 5.70. The molecule has 3 aromatic rings. The molecule has 28 heavy (non-hydrogen) atoms. The van der Waals surface area contributed by atoms with E-state index >= 15 is 0 Å². The van der Waals surface area contributed by atoms with Crippen molar-refractivity contribution in [1.82, 2.24) is 9.97 Å². The lowest BCUT2D eigenvalue weighted by molar-refractivity contribution is -0.116. The molecule has 0 bridgehead atoms. The predicted molar refractivity (Wildman–Crippen MR) is 109 cm³/mol. The maximum Gasteiger partial charge on any atom is 0.265 e. The van der Waals surface area contributed by atoms with Crippen molar-refractivity contribution in [2.75, 3.05) is 17.1 Å². The van der Waals surface area contributed by atoms with Crippen molar-refractivity contribution in [2.24, 2.45) is 0 Å². The third kappa shape index (κ3) is 4.52. The molecule has 2 N–H and O–H groups in total. The molecule has 0 atom stereocenters. The van der Waals surface area contributed by atoms with E-state index in [0.717, 1.165) is 5.56 Å². The highest BCUT2D eigenvalue weighted by atomic mass is 32.2. The van der Waals surface area contributed by atoms with Crippen LogP contribution in [-0.4, -0.2) is 31.2 Å². The van der Waals surface area contributed by atoms with Crippen LogP contribution in [-0.2, 0) is 21.2 Å². The van der Waals surface area contributed by atoms with Gasteiger partial charge in [-0.05, 0) is 42.8 Å². The number of para-hydroxylation sites is 1. The quantitative estimate of drug-likeness (QED) is 0.636. The van der Waals surface area contributed by atoms with E-state index in [1.807, 2.05) is 0 Å². The van der Waals surface area contributed by atoms with Gasteiger partial charge in [-0.15, -0.1) is 0 Å². The molecule has 144 valence electrons. The molecule has 0 saturated carbocycles. The number of nitrogens with zero attached hydrogens (tertiary/aromatic N) is 2. The number of nitrogens with one attached hydrogen (secondary N) is 2. The number of carbonyl (C=O) groups is 1. The van der Waals surface area contributed by atoms with E-state index in [4.69, 9.17) is 0 Å². The van der Waals surface area contributed by atoms with Gasteiger partial charge in [0.25, 0.3) is 10.0 Å². The number of pyridine rings is 2. The number of hydrogen-bond acceptors (Lipinski definition) is 6. The van der Waals surface area contributed by atoms with Gasteiger partial charge in [0.15, 0.2) is 0 Å². The average molecular weight is 396 g/mol.